The van der Waals surface area contributed by atoms with Crippen molar-refractivity contribution in [3.05, 3.63) is 83.0 Å². The number of fused-ring (bicyclic) bond motifs is 3. The summed E-state index contributed by atoms with van der Waals surface area (Å²) in [6.45, 7) is 0.425. The Morgan fingerprint density at radius 1 is 1.15 bits per heavy atom. The number of carbonyl (C=O) groups excluding carboxylic acids is 1. The predicted molar refractivity (Wildman–Crippen MR) is 103 cm³/mol. The first-order valence-corrected chi connectivity index (χ1v) is 9.15. The molecule has 1 aliphatic rings. The molecule has 1 atom stereocenters. The van der Waals surface area contributed by atoms with Gasteiger partial charge >= 0.3 is 0 Å². The van der Waals surface area contributed by atoms with Crippen LogP contribution in [-0.4, -0.2) is 15.3 Å². The average molecular weight is 378 g/mol. The van der Waals surface area contributed by atoms with Crippen LogP contribution in [0.4, 0.5) is 0 Å². The van der Waals surface area contributed by atoms with Crippen LogP contribution in [0.3, 0.4) is 0 Å². The van der Waals surface area contributed by atoms with E-state index in [2.05, 4.69) is 10.3 Å². The minimum absolute atomic E-state index is 0.0108. The normalized spacial score (nSPS) is 16.8. The van der Waals surface area contributed by atoms with Gasteiger partial charge < -0.3 is 14.1 Å². The average Bonchev–Trinajstić information content (AvgIpc) is 3.26. The van der Waals surface area contributed by atoms with Crippen LogP contribution in [0.15, 0.2) is 65.2 Å². The molecule has 1 aromatic carbocycles. The number of rotatable bonds is 2. The third kappa shape index (κ3) is 2.80. The lowest BCUT2D eigenvalue weighted by Crippen LogP contribution is -2.21. The number of nitrogens with zero attached hydrogens (tertiary/aromatic N) is 2. The van der Waals surface area contributed by atoms with E-state index in [1.807, 2.05) is 65.2 Å². The quantitative estimate of drug-likeness (QED) is 0.563. The maximum Gasteiger partial charge on any atom is 0.221 e. The molecule has 27 heavy (non-hydrogen) atoms. The van der Waals surface area contributed by atoms with Crippen LogP contribution in [0.5, 0.6) is 0 Å². The number of hydrogen-bond acceptors (Lipinski definition) is 3. The van der Waals surface area contributed by atoms with E-state index in [-0.39, 0.29) is 11.8 Å². The SMILES string of the molecule is O=C1C[C@H](c2ccc(-c3cccc(Cl)c3)o2)c2c(nc3ccccn23)CN1. The summed E-state index contributed by atoms with van der Waals surface area (Å²) in [4.78, 5) is 17.0. The Morgan fingerprint density at radius 3 is 2.96 bits per heavy atom. The third-order valence-electron chi connectivity index (χ3n) is 4.90. The number of amides is 1. The van der Waals surface area contributed by atoms with Crippen LogP contribution in [0, 0.1) is 0 Å². The van der Waals surface area contributed by atoms with Gasteiger partial charge in [0.15, 0.2) is 0 Å². The fraction of sp³-hybridized carbons (Fsp3) is 0.143. The van der Waals surface area contributed by atoms with Crippen molar-refractivity contribution in [2.45, 2.75) is 18.9 Å². The van der Waals surface area contributed by atoms with Crippen LogP contribution in [0.25, 0.3) is 17.0 Å². The van der Waals surface area contributed by atoms with Crippen molar-refractivity contribution in [1.82, 2.24) is 14.7 Å². The van der Waals surface area contributed by atoms with E-state index >= 15 is 0 Å². The molecule has 4 aromatic rings. The van der Waals surface area contributed by atoms with Gasteiger partial charge in [-0.1, -0.05) is 29.8 Å². The molecule has 1 N–H and O–H groups in total. The van der Waals surface area contributed by atoms with Gasteiger partial charge in [0.2, 0.25) is 5.91 Å². The van der Waals surface area contributed by atoms with Gasteiger partial charge in [-0.25, -0.2) is 4.98 Å². The molecular weight excluding hydrogens is 362 g/mol. The van der Waals surface area contributed by atoms with Gasteiger partial charge in [-0.05, 0) is 36.4 Å². The van der Waals surface area contributed by atoms with E-state index in [1.54, 1.807) is 0 Å². The maximum atomic E-state index is 12.3. The second-order valence-electron chi connectivity index (χ2n) is 6.62. The summed E-state index contributed by atoms with van der Waals surface area (Å²) in [5.74, 6) is 1.26. The molecule has 6 heteroatoms. The van der Waals surface area contributed by atoms with Gasteiger partial charge in [0.25, 0.3) is 0 Å². The molecule has 0 spiro atoms. The third-order valence-corrected chi connectivity index (χ3v) is 5.13. The van der Waals surface area contributed by atoms with Crippen molar-refractivity contribution < 1.29 is 9.21 Å². The van der Waals surface area contributed by atoms with Gasteiger partial charge in [0.05, 0.1) is 23.9 Å². The fourth-order valence-corrected chi connectivity index (χ4v) is 3.86. The zero-order chi connectivity index (χ0) is 18.4. The van der Waals surface area contributed by atoms with Crippen molar-refractivity contribution in [1.29, 1.82) is 0 Å². The molecule has 1 amide bonds. The van der Waals surface area contributed by atoms with E-state index in [9.17, 15) is 4.79 Å². The molecule has 0 fully saturated rings. The van der Waals surface area contributed by atoms with Crippen LogP contribution in [-0.2, 0) is 11.3 Å². The lowest BCUT2D eigenvalue weighted by Gasteiger charge is -2.12. The molecule has 0 radical (unpaired) electrons. The summed E-state index contributed by atoms with van der Waals surface area (Å²) in [6.07, 6.45) is 2.29. The van der Waals surface area contributed by atoms with Crippen molar-refractivity contribution in [3.8, 4) is 11.3 Å². The minimum atomic E-state index is -0.201. The zero-order valence-corrected chi connectivity index (χ0v) is 15.1. The lowest BCUT2D eigenvalue weighted by atomic mass is 9.97. The monoisotopic (exact) mass is 377 g/mol. The molecule has 3 aromatic heterocycles. The van der Waals surface area contributed by atoms with Crippen molar-refractivity contribution >= 4 is 23.2 Å². The highest BCUT2D eigenvalue weighted by Gasteiger charge is 2.30. The largest absolute Gasteiger partial charge is 0.460 e. The molecule has 134 valence electrons. The van der Waals surface area contributed by atoms with E-state index in [4.69, 9.17) is 16.0 Å². The number of benzene rings is 1. The van der Waals surface area contributed by atoms with Crippen molar-refractivity contribution in [2.75, 3.05) is 0 Å². The number of hydrogen-bond donors (Lipinski definition) is 1. The summed E-state index contributed by atoms with van der Waals surface area (Å²) in [7, 11) is 0. The van der Waals surface area contributed by atoms with Crippen LogP contribution >= 0.6 is 11.6 Å². The molecule has 0 aliphatic carbocycles. The summed E-state index contributed by atoms with van der Waals surface area (Å²) in [5, 5.41) is 3.59. The first-order chi connectivity index (χ1) is 13.2. The van der Waals surface area contributed by atoms with E-state index in [0.29, 0.717) is 18.0 Å². The molecule has 0 saturated carbocycles. The van der Waals surface area contributed by atoms with Gasteiger partial charge in [0.1, 0.15) is 17.2 Å². The number of aromatic nitrogens is 2. The maximum absolute atomic E-state index is 12.3. The van der Waals surface area contributed by atoms with Gasteiger partial charge in [-0.2, -0.15) is 0 Å². The smallest absolute Gasteiger partial charge is 0.221 e. The second kappa shape index (κ2) is 6.28. The van der Waals surface area contributed by atoms with Crippen LogP contribution in [0.1, 0.15) is 29.5 Å². The molecule has 1 aliphatic heterocycles. The minimum Gasteiger partial charge on any atom is -0.460 e. The number of nitrogens with one attached hydrogen (secondary N) is 1. The Bertz CT molecular complexity index is 1160. The Morgan fingerprint density at radius 2 is 2.07 bits per heavy atom. The molecule has 5 rings (SSSR count). The highest BCUT2D eigenvalue weighted by atomic mass is 35.5. The van der Waals surface area contributed by atoms with E-state index in [0.717, 1.165) is 34.1 Å². The predicted octanol–water partition coefficient (Wildman–Crippen LogP) is 4.40. The van der Waals surface area contributed by atoms with Crippen LogP contribution in [0.2, 0.25) is 5.02 Å². The Balaban J connectivity index is 1.63. The Kier molecular flexibility index (Phi) is 3.76. The zero-order valence-electron chi connectivity index (χ0n) is 14.4. The van der Waals surface area contributed by atoms with Gasteiger partial charge in [0, 0.05) is 23.2 Å². The first-order valence-electron chi connectivity index (χ1n) is 8.77. The number of pyridine rings is 1. The molecule has 0 saturated heterocycles. The fourth-order valence-electron chi connectivity index (χ4n) is 3.67. The summed E-state index contributed by atoms with van der Waals surface area (Å²) < 4.78 is 8.21. The number of furan rings is 1. The van der Waals surface area contributed by atoms with Crippen LogP contribution < -0.4 is 5.32 Å². The van der Waals surface area contributed by atoms with Crippen molar-refractivity contribution in [2.24, 2.45) is 0 Å². The summed E-state index contributed by atoms with van der Waals surface area (Å²) in [6, 6.07) is 17.3. The lowest BCUT2D eigenvalue weighted by molar-refractivity contribution is -0.121. The topological polar surface area (TPSA) is 59.5 Å². The van der Waals surface area contributed by atoms with E-state index in [1.165, 1.54) is 0 Å². The van der Waals surface area contributed by atoms with Gasteiger partial charge in [-0.3, -0.25) is 4.79 Å². The highest BCUT2D eigenvalue weighted by Crippen LogP contribution is 2.36. The number of halogens is 1. The second-order valence-corrected chi connectivity index (χ2v) is 7.05. The number of imidazole rings is 1. The molecule has 4 heterocycles. The molecule has 0 bridgehead atoms. The molecule has 0 unspecified atom stereocenters. The number of carbonyl (C=O) groups is 1. The Labute approximate surface area is 160 Å². The summed E-state index contributed by atoms with van der Waals surface area (Å²) >= 11 is 6.10. The Hall–Kier alpha value is -3.05. The summed E-state index contributed by atoms with van der Waals surface area (Å²) in [5.41, 5.74) is 3.64. The first kappa shape index (κ1) is 16.1. The standard InChI is InChI=1S/C21H16ClN3O2/c22-14-5-3-4-13(10-14)17-7-8-18(27-17)15-11-20(26)23-12-16-21(15)25-9-2-1-6-19(25)24-16/h1-10,15H,11-12H2,(H,23,26)/t15-/m1/s1. The van der Waals surface area contributed by atoms with Gasteiger partial charge in [-0.15, -0.1) is 0 Å². The highest BCUT2D eigenvalue weighted by molar-refractivity contribution is 6.30. The molecule has 5 nitrogen and oxygen atoms in total. The van der Waals surface area contributed by atoms with Crippen molar-refractivity contribution in [3.63, 3.8) is 0 Å². The molecular formula is C21H16ClN3O2. The van der Waals surface area contributed by atoms with E-state index < -0.39 is 0 Å².